The Morgan fingerprint density at radius 2 is 2.55 bits per heavy atom. The summed E-state index contributed by atoms with van der Waals surface area (Å²) < 4.78 is 0. The number of hydrogen-bond acceptors (Lipinski definition) is 2. The second-order valence-corrected chi connectivity index (χ2v) is 3.74. The summed E-state index contributed by atoms with van der Waals surface area (Å²) in [4.78, 5) is 10.9. The second-order valence-electron chi connectivity index (χ2n) is 2.57. The molecule has 0 aromatic heterocycles. The fraction of sp³-hybridized carbons (Fsp3) is 0.625. The van der Waals surface area contributed by atoms with E-state index >= 15 is 0 Å². The van der Waals surface area contributed by atoms with E-state index in [-0.39, 0.29) is 11.8 Å². The van der Waals surface area contributed by atoms with Gasteiger partial charge in [0, 0.05) is 5.75 Å². The Morgan fingerprint density at radius 3 is 3.00 bits per heavy atom. The van der Waals surface area contributed by atoms with Crippen LogP contribution in [0, 0.1) is 5.92 Å². The predicted octanol–water partition coefficient (Wildman–Crippen LogP) is 1.39. The molecule has 1 N–H and O–H groups in total. The minimum Gasteiger partial charge on any atom is -0.343 e. The third-order valence-corrected chi connectivity index (χ3v) is 3.05. The van der Waals surface area contributed by atoms with Gasteiger partial charge in [0.2, 0.25) is 5.91 Å². The van der Waals surface area contributed by atoms with E-state index in [4.69, 9.17) is 0 Å². The van der Waals surface area contributed by atoms with Crippen LogP contribution in [0.3, 0.4) is 0 Å². The predicted molar refractivity (Wildman–Crippen MR) is 48.4 cm³/mol. The molecule has 0 radical (unpaired) electrons. The molecule has 0 saturated carbocycles. The van der Waals surface area contributed by atoms with Crippen LogP contribution in [0.2, 0.25) is 0 Å². The van der Waals surface area contributed by atoms with Gasteiger partial charge in [-0.2, -0.15) is 0 Å². The number of rotatable bonds is 4. The second kappa shape index (κ2) is 3.81. The van der Waals surface area contributed by atoms with Crippen molar-refractivity contribution in [3.63, 3.8) is 0 Å². The van der Waals surface area contributed by atoms with Gasteiger partial charge in [-0.15, -0.1) is 18.3 Å². The molecule has 3 heteroatoms. The fourth-order valence-corrected chi connectivity index (χ4v) is 2.21. The van der Waals surface area contributed by atoms with Crippen LogP contribution >= 0.6 is 11.8 Å². The van der Waals surface area contributed by atoms with Gasteiger partial charge in [-0.05, 0) is 6.42 Å². The molecule has 1 fully saturated rings. The van der Waals surface area contributed by atoms with Crippen molar-refractivity contribution in [2.45, 2.75) is 18.7 Å². The third kappa shape index (κ3) is 1.77. The highest BCUT2D eigenvalue weighted by Crippen LogP contribution is 2.27. The number of β-lactam (4-membered cyclic amide) rings is 1. The lowest BCUT2D eigenvalue weighted by molar-refractivity contribution is -0.132. The van der Waals surface area contributed by atoms with Gasteiger partial charge in [0.1, 0.15) is 0 Å². The number of carbonyl (C=O) groups excluding carboxylic acids is 1. The lowest BCUT2D eigenvalue weighted by Crippen LogP contribution is -2.55. The molecule has 1 rings (SSSR count). The number of thioether (sulfide) groups is 1. The standard InChI is InChI=1S/C8H13NOS/c1-3-5-11-8-6(4-2)7(10)9-8/h3,6,8H,1,4-5H2,2H3,(H,9,10)/t6-,8+/m1/s1. The van der Waals surface area contributed by atoms with Crippen LogP contribution in [0.5, 0.6) is 0 Å². The molecule has 0 aromatic rings. The Kier molecular flexibility index (Phi) is 3.00. The van der Waals surface area contributed by atoms with Crippen molar-refractivity contribution in [1.29, 1.82) is 0 Å². The van der Waals surface area contributed by atoms with Crippen LogP contribution in [0.4, 0.5) is 0 Å². The number of hydrogen-bond donors (Lipinski definition) is 1. The van der Waals surface area contributed by atoms with E-state index in [1.165, 1.54) is 0 Å². The quantitative estimate of drug-likeness (QED) is 0.511. The maximum Gasteiger partial charge on any atom is 0.226 e. The third-order valence-electron chi connectivity index (χ3n) is 1.82. The lowest BCUT2D eigenvalue weighted by atomic mass is 9.99. The van der Waals surface area contributed by atoms with Crippen LogP contribution < -0.4 is 5.32 Å². The zero-order chi connectivity index (χ0) is 8.27. The van der Waals surface area contributed by atoms with E-state index in [2.05, 4.69) is 11.9 Å². The van der Waals surface area contributed by atoms with Crippen LogP contribution in [0.25, 0.3) is 0 Å². The minimum atomic E-state index is 0.203. The molecule has 2 nitrogen and oxygen atoms in total. The highest BCUT2D eigenvalue weighted by Gasteiger charge is 2.37. The zero-order valence-electron chi connectivity index (χ0n) is 6.67. The summed E-state index contributed by atoms with van der Waals surface area (Å²) >= 11 is 1.75. The molecule has 0 unspecified atom stereocenters. The first-order valence-electron chi connectivity index (χ1n) is 3.82. The van der Waals surface area contributed by atoms with Gasteiger partial charge in [-0.25, -0.2) is 0 Å². The van der Waals surface area contributed by atoms with Crippen molar-refractivity contribution >= 4 is 17.7 Å². The Balaban J connectivity index is 2.26. The minimum absolute atomic E-state index is 0.203. The monoisotopic (exact) mass is 171 g/mol. The van der Waals surface area contributed by atoms with Crippen LogP contribution in [0.15, 0.2) is 12.7 Å². The first kappa shape index (κ1) is 8.65. The van der Waals surface area contributed by atoms with Crippen molar-refractivity contribution in [3.05, 3.63) is 12.7 Å². The normalized spacial score (nSPS) is 29.0. The molecule has 1 aliphatic rings. The van der Waals surface area contributed by atoms with Crippen molar-refractivity contribution in [3.8, 4) is 0 Å². The zero-order valence-corrected chi connectivity index (χ0v) is 7.49. The maximum atomic E-state index is 10.9. The van der Waals surface area contributed by atoms with E-state index < -0.39 is 0 Å². The highest BCUT2D eigenvalue weighted by molar-refractivity contribution is 8.00. The average Bonchev–Trinajstić information content (AvgIpc) is 1.98. The van der Waals surface area contributed by atoms with Gasteiger partial charge >= 0.3 is 0 Å². The Bertz CT molecular complexity index is 169. The summed E-state index contributed by atoms with van der Waals surface area (Å²) in [5, 5.41) is 3.19. The lowest BCUT2D eigenvalue weighted by Gasteiger charge is -2.35. The van der Waals surface area contributed by atoms with Crippen LogP contribution in [-0.4, -0.2) is 17.0 Å². The summed E-state index contributed by atoms with van der Waals surface area (Å²) in [6.07, 6.45) is 2.81. The van der Waals surface area contributed by atoms with Gasteiger partial charge < -0.3 is 5.32 Å². The molecule has 1 saturated heterocycles. The van der Waals surface area contributed by atoms with E-state index in [1.54, 1.807) is 11.8 Å². The number of nitrogens with one attached hydrogen (secondary N) is 1. The Labute approximate surface area is 71.4 Å². The topological polar surface area (TPSA) is 29.1 Å². The van der Waals surface area contributed by atoms with Crippen LogP contribution in [-0.2, 0) is 4.79 Å². The van der Waals surface area contributed by atoms with Crippen LogP contribution in [0.1, 0.15) is 13.3 Å². The number of carbonyl (C=O) groups is 1. The SMILES string of the molecule is C=CCS[C@@H]1NC(=O)[C@H]1CC. The summed E-state index contributed by atoms with van der Waals surface area (Å²) in [5.74, 6) is 1.36. The molecule has 0 bridgehead atoms. The van der Waals surface area contributed by atoms with Crippen molar-refractivity contribution in [1.82, 2.24) is 5.32 Å². The van der Waals surface area contributed by atoms with E-state index in [1.807, 2.05) is 13.0 Å². The first-order chi connectivity index (χ1) is 5.29. The molecule has 1 aliphatic heterocycles. The molecule has 0 spiro atoms. The van der Waals surface area contributed by atoms with Crippen molar-refractivity contribution in [2.24, 2.45) is 5.92 Å². The molecular formula is C8H13NOS. The summed E-state index contributed by atoms with van der Waals surface area (Å²) in [7, 11) is 0. The molecule has 2 atom stereocenters. The Hall–Kier alpha value is -0.440. The first-order valence-corrected chi connectivity index (χ1v) is 4.87. The molecule has 11 heavy (non-hydrogen) atoms. The fourth-order valence-electron chi connectivity index (χ4n) is 1.12. The van der Waals surface area contributed by atoms with E-state index in [9.17, 15) is 4.79 Å². The van der Waals surface area contributed by atoms with Gasteiger partial charge in [0.15, 0.2) is 0 Å². The molecular weight excluding hydrogens is 158 g/mol. The molecule has 1 heterocycles. The average molecular weight is 171 g/mol. The molecule has 1 amide bonds. The summed E-state index contributed by atoms with van der Waals surface area (Å²) in [5.41, 5.74) is 0. The molecule has 0 aromatic carbocycles. The highest BCUT2D eigenvalue weighted by atomic mass is 32.2. The molecule has 62 valence electrons. The van der Waals surface area contributed by atoms with E-state index in [0.717, 1.165) is 12.2 Å². The Morgan fingerprint density at radius 1 is 1.82 bits per heavy atom. The smallest absolute Gasteiger partial charge is 0.226 e. The van der Waals surface area contributed by atoms with Gasteiger partial charge in [0.05, 0.1) is 11.3 Å². The maximum absolute atomic E-state index is 10.9. The van der Waals surface area contributed by atoms with Crippen molar-refractivity contribution in [2.75, 3.05) is 5.75 Å². The van der Waals surface area contributed by atoms with Gasteiger partial charge in [-0.1, -0.05) is 13.0 Å². The van der Waals surface area contributed by atoms with Gasteiger partial charge in [-0.3, -0.25) is 4.79 Å². The van der Waals surface area contributed by atoms with Gasteiger partial charge in [0.25, 0.3) is 0 Å². The number of amides is 1. The largest absolute Gasteiger partial charge is 0.343 e. The summed E-state index contributed by atoms with van der Waals surface area (Å²) in [6, 6.07) is 0. The van der Waals surface area contributed by atoms with Crippen molar-refractivity contribution < 1.29 is 4.79 Å². The summed E-state index contributed by atoms with van der Waals surface area (Å²) in [6.45, 7) is 5.67. The van der Waals surface area contributed by atoms with E-state index in [0.29, 0.717) is 5.37 Å². The molecule has 0 aliphatic carbocycles.